The Bertz CT molecular complexity index is 637. The largest absolute Gasteiger partial charge is 0.497 e. The molecule has 1 N–H and O–H groups in total. The van der Waals surface area contributed by atoms with Crippen LogP contribution in [0.25, 0.3) is 0 Å². The van der Waals surface area contributed by atoms with Crippen molar-refractivity contribution in [3.05, 3.63) is 54.1 Å². The number of amides is 1. The van der Waals surface area contributed by atoms with Gasteiger partial charge in [-0.15, -0.1) is 0 Å². The highest BCUT2D eigenvalue weighted by molar-refractivity contribution is 5.77. The first kappa shape index (κ1) is 17.7. The molecule has 5 heteroatoms. The lowest BCUT2D eigenvalue weighted by atomic mass is 10.2. The second kappa shape index (κ2) is 8.82. The van der Waals surface area contributed by atoms with Gasteiger partial charge in [0.15, 0.2) is 6.61 Å². The van der Waals surface area contributed by atoms with Gasteiger partial charge in [-0.05, 0) is 50.2 Å². The summed E-state index contributed by atoms with van der Waals surface area (Å²) in [6.07, 6.45) is 0. The zero-order chi connectivity index (χ0) is 17.4. The molecule has 1 amide bonds. The van der Waals surface area contributed by atoms with E-state index in [1.807, 2.05) is 62.4 Å². The molecule has 0 aliphatic rings. The van der Waals surface area contributed by atoms with E-state index in [1.54, 1.807) is 7.11 Å². The van der Waals surface area contributed by atoms with Gasteiger partial charge >= 0.3 is 0 Å². The van der Waals surface area contributed by atoms with E-state index in [-0.39, 0.29) is 18.6 Å². The van der Waals surface area contributed by atoms with Gasteiger partial charge in [-0.1, -0.05) is 17.7 Å². The Kier molecular flexibility index (Phi) is 6.49. The summed E-state index contributed by atoms with van der Waals surface area (Å²) in [7, 11) is 1.62. The van der Waals surface area contributed by atoms with Gasteiger partial charge < -0.3 is 19.5 Å². The Balaban J connectivity index is 1.69. The molecule has 0 unspecified atom stereocenters. The van der Waals surface area contributed by atoms with E-state index in [9.17, 15) is 4.79 Å². The molecular formula is C19H23NO4. The van der Waals surface area contributed by atoms with Crippen molar-refractivity contribution in [2.45, 2.75) is 19.9 Å². The minimum Gasteiger partial charge on any atom is -0.497 e. The summed E-state index contributed by atoms with van der Waals surface area (Å²) in [5.74, 6) is 2.00. The van der Waals surface area contributed by atoms with Gasteiger partial charge in [-0.3, -0.25) is 4.79 Å². The van der Waals surface area contributed by atoms with E-state index in [4.69, 9.17) is 14.2 Å². The van der Waals surface area contributed by atoms with Gasteiger partial charge in [-0.2, -0.15) is 0 Å². The third-order valence-corrected chi connectivity index (χ3v) is 3.36. The first-order valence-electron chi connectivity index (χ1n) is 7.82. The van der Waals surface area contributed by atoms with Gasteiger partial charge in [0.05, 0.1) is 13.2 Å². The average Bonchev–Trinajstić information content (AvgIpc) is 2.60. The number of hydrogen-bond donors (Lipinski definition) is 1. The molecule has 0 bridgehead atoms. The van der Waals surface area contributed by atoms with Crippen LogP contribution in [0.15, 0.2) is 48.5 Å². The van der Waals surface area contributed by atoms with Crippen LogP contribution in [0.2, 0.25) is 0 Å². The molecule has 0 aromatic heterocycles. The maximum absolute atomic E-state index is 11.9. The quantitative estimate of drug-likeness (QED) is 0.809. The van der Waals surface area contributed by atoms with Crippen molar-refractivity contribution in [3.63, 3.8) is 0 Å². The number of methoxy groups -OCH3 is 1. The molecule has 0 fully saturated rings. The standard InChI is InChI=1S/C19H23NO4/c1-14-4-6-17(7-5-14)24-13-19(21)20-15(2)12-23-18-10-8-16(22-3)9-11-18/h4-11,15H,12-13H2,1-3H3,(H,20,21)/t15-/m1/s1. The molecule has 0 aliphatic carbocycles. The molecule has 2 aromatic carbocycles. The van der Waals surface area contributed by atoms with Crippen molar-refractivity contribution in [2.24, 2.45) is 0 Å². The molecule has 128 valence electrons. The van der Waals surface area contributed by atoms with Crippen LogP contribution in [-0.4, -0.2) is 32.3 Å². The molecule has 0 radical (unpaired) electrons. The Morgan fingerprint density at radius 2 is 1.50 bits per heavy atom. The van der Waals surface area contributed by atoms with Crippen molar-refractivity contribution < 1.29 is 19.0 Å². The van der Waals surface area contributed by atoms with Crippen LogP contribution < -0.4 is 19.5 Å². The molecule has 0 heterocycles. The monoisotopic (exact) mass is 329 g/mol. The maximum atomic E-state index is 11.9. The second-order valence-electron chi connectivity index (χ2n) is 5.56. The van der Waals surface area contributed by atoms with Crippen LogP contribution in [0.1, 0.15) is 12.5 Å². The first-order chi connectivity index (χ1) is 11.6. The first-order valence-corrected chi connectivity index (χ1v) is 7.82. The smallest absolute Gasteiger partial charge is 0.258 e. The van der Waals surface area contributed by atoms with E-state index < -0.39 is 0 Å². The number of nitrogens with one attached hydrogen (secondary N) is 1. The lowest BCUT2D eigenvalue weighted by Crippen LogP contribution is -2.39. The van der Waals surface area contributed by atoms with Crippen molar-refractivity contribution in [1.29, 1.82) is 0 Å². The predicted molar refractivity (Wildman–Crippen MR) is 92.8 cm³/mol. The van der Waals surface area contributed by atoms with Crippen molar-refractivity contribution in [2.75, 3.05) is 20.3 Å². The number of ether oxygens (including phenoxy) is 3. The van der Waals surface area contributed by atoms with Crippen molar-refractivity contribution >= 4 is 5.91 Å². The summed E-state index contributed by atoms with van der Waals surface area (Å²) in [5.41, 5.74) is 1.15. The van der Waals surface area contributed by atoms with E-state index in [0.717, 1.165) is 17.1 Å². The van der Waals surface area contributed by atoms with Gasteiger partial charge in [0, 0.05) is 0 Å². The minimum atomic E-state index is -0.179. The Hall–Kier alpha value is -2.69. The second-order valence-corrected chi connectivity index (χ2v) is 5.56. The summed E-state index contributed by atoms with van der Waals surface area (Å²) in [6, 6.07) is 14.8. The van der Waals surface area contributed by atoms with Gasteiger partial charge in [0.1, 0.15) is 23.9 Å². The molecule has 0 aliphatic heterocycles. The molecule has 24 heavy (non-hydrogen) atoms. The minimum absolute atomic E-state index is 0.0179. The number of carbonyl (C=O) groups is 1. The Morgan fingerprint density at radius 3 is 2.12 bits per heavy atom. The number of benzene rings is 2. The van der Waals surface area contributed by atoms with Crippen LogP contribution in [0.3, 0.4) is 0 Å². The predicted octanol–water partition coefficient (Wildman–Crippen LogP) is 2.97. The summed E-state index contributed by atoms with van der Waals surface area (Å²) in [5, 5.41) is 2.84. The maximum Gasteiger partial charge on any atom is 0.258 e. The van der Waals surface area contributed by atoms with Gasteiger partial charge in [-0.25, -0.2) is 0 Å². The zero-order valence-electron chi connectivity index (χ0n) is 14.2. The van der Waals surface area contributed by atoms with E-state index in [0.29, 0.717) is 12.4 Å². The van der Waals surface area contributed by atoms with E-state index in [1.165, 1.54) is 0 Å². The van der Waals surface area contributed by atoms with Crippen molar-refractivity contribution in [3.8, 4) is 17.2 Å². The highest BCUT2D eigenvalue weighted by Crippen LogP contribution is 2.17. The topological polar surface area (TPSA) is 56.8 Å². The summed E-state index contributed by atoms with van der Waals surface area (Å²) in [4.78, 5) is 11.9. The highest BCUT2D eigenvalue weighted by Gasteiger charge is 2.09. The van der Waals surface area contributed by atoms with Crippen LogP contribution in [0, 0.1) is 6.92 Å². The lowest BCUT2D eigenvalue weighted by molar-refractivity contribution is -0.123. The Morgan fingerprint density at radius 1 is 0.958 bits per heavy atom. The molecule has 0 spiro atoms. The number of carbonyl (C=O) groups excluding carboxylic acids is 1. The fourth-order valence-corrected chi connectivity index (χ4v) is 2.03. The molecule has 2 aromatic rings. The molecule has 1 atom stereocenters. The average molecular weight is 329 g/mol. The van der Waals surface area contributed by atoms with Gasteiger partial charge in [0.25, 0.3) is 5.91 Å². The SMILES string of the molecule is COc1ccc(OC[C@@H](C)NC(=O)COc2ccc(C)cc2)cc1. The third kappa shape index (κ3) is 5.83. The molecule has 2 rings (SSSR count). The number of hydrogen-bond acceptors (Lipinski definition) is 4. The van der Waals surface area contributed by atoms with Gasteiger partial charge in [0.2, 0.25) is 0 Å². The van der Waals surface area contributed by atoms with Crippen LogP contribution in [-0.2, 0) is 4.79 Å². The summed E-state index contributed by atoms with van der Waals surface area (Å²) in [6.45, 7) is 4.24. The Labute approximate surface area is 142 Å². The highest BCUT2D eigenvalue weighted by atomic mass is 16.5. The number of rotatable bonds is 8. The van der Waals surface area contributed by atoms with E-state index >= 15 is 0 Å². The normalized spacial score (nSPS) is 11.5. The molecule has 0 saturated heterocycles. The third-order valence-electron chi connectivity index (χ3n) is 3.36. The number of aryl methyl sites for hydroxylation is 1. The van der Waals surface area contributed by atoms with E-state index in [2.05, 4.69) is 5.32 Å². The molecular weight excluding hydrogens is 306 g/mol. The zero-order valence-corrected chi connectivity index (χ0v) is 14.2. The summed E-state index contributed by atoms with van der Waals surface area (Å²) < 4.78 is 16.2. The lowest BCUT2D eigenvalue weighted by Gasteiger charge is -2.15. The fourth-order valence-electron chi connectivity index (χ4n) is 2.03. The fraction of sp³-hybridized carbons (Fsp3) is 0.316. The molecule has 0 saturated carbocycles. The van der Waals surface area contributed by atoms with Crippen LogP contribution in [0.5, 0.6) is 17.2 Å². The van der Waals surface area contributed by atoms with Crippen LogP contribution >= 0.6 is 0 Å². The van der Waals surface area contributed by atoms with Crippen molar-refractivity contribution in [1.82, 2.24) is 5.32 Å². The molecule has 5 nitrogen and oxygen atoms in total. The van der Waals surface area contributed by atoms with Crippen LogP contribution in [0.4, 0.5) is 0 Å². The summed E-state index contributed by atoms with van der Waals surface area (Å²) >= 11 is 0.